The van der Waals surface area contributed by atoms with E-state index in [2.05, 4.69) is 0 Å². The third-order valence-electron chi connectivity index (χ3n) is 15.5. The molecule has 472 valence electrons. The molecule has 0 nitrogen and oxygen atoms in total. The van der Waals surface area contributed by atoms with Gasteiger partial charge >= 0.3 is 49.4 Å². The van der Waals surface area contributed by atoms with E-state index in [4.69, 9.17) is 0 Å². The van der Waals surface area contributed by atoms with Gasteiger partial charge in [-0.05, 0) is 208 Å². The van der Waals surface area contributed by atoms with Crippen molar-refractivity contribution in [1.29, 1.82) is 0 Å². The first-order valence-corrected chi connectivity index (χ1v) is 26.6. The van der Waals surface area contributed by atoms with Crippen molar-refractivity contribution in [2.45, 2.75) is 49.4 Å². The maximum absolute atomic E-state index is 14.6. The Labute approximate surface area is 503 Å². The van der Waals surface area contributed by atoms with Crippen molar-refractivity contribution in [1.82, 2.24) is 0 Å². The minimum atomic E-state index is -5.11. The van der Waals surface area contributed by atoms with Crippen molar-refractivity contribution in [3.63, 3.8) is 0 Å². The summed E-state index contributed by atoms with van der Waals surface area (Å²) in [6, 6.07) is 22.0. The fourth-order valence-electron chi connectivity index (χ4n) is 11.4. The van der Waals surface area contributed by atoms with E-state index in [0.717, 1.165) is 97.1 Å². The molecule has 0 amide bonds. The molecular formula is C68H32F24. The summed E-state index contributed by atoms with van der Waals surface area (Å²) in [7, 11) is 0. The van der Waals surface area contributed by atoms with E-state index in [-0.39, 0.29) is 66.8 Å². The van der Waals surface area contributed by atoms with Gasteiger partial charge in [-0.2, -0.15) is 105 Å². The molecule has 10 aromatic carbocycles. The second kappa shape index (κ2) is 22.1. The molecule has 92 heavy (non-hydrogen) atoms. The monoisotopic (exact) mass is 1300 g/mol. The van der Waals surface area contributed by atoms with E-state index in [1.165, 1.54) is 0 Å². The molecule has 1 aliphatic carbocycles. The predicted octanol–water partition coefficient (Wildman–Crippen LogP) is 24.8. The molecule has 0 unspecified atom stereocenters. The summed E-state index contributed by atoms with van der Waals surface area (Å²) < 4.78 is 349. The Hall–Kier alpha value is -9.48. The lowest BCUT2D eigenvalue weighted by Gasteiger charge is -2.40. The van der Waals surface area contributed by atoms with Crippen LogP contribution in [0.4, 0.5) is 105 Å². The molecular weight excluding hydrogens is 1270 g/mol. The van der Waals surface area contributed by atoms with E-state index in [0.29, 0.717) is 97.1 Å². The second-order valence-electron chi connectivity index (χ2n) is 21.1. The highest BCUT2D eigenvalue weighted by Crippen LogP contribution is 2.69. The molecule has 0 saturated carbocycles. The highest BCUT2D eigenvalue weighted by atomic mass is 19.4. The molecule has 0 spiro atoms. The van der Waals surface area contributed by atoms with E-state index < -0.39 is 138 Å². The summed E-state index contributed by atoms with van der Waals surface area (Å²) in [5.41, 5.74) is -18.0. The van der Waals surface area contributed by atoms with Gasteiger partial charge < -0.3 is 0 Å². The summed E-state index contributed by atoms with van der Waals surface area (Å²) >= 11 is 0. The summed E-state index contributed by atoms with van der Waals surface area (Å²) in [5, 5.41) is 0. The molecule has 11 rings (SSSR count). The molecule has 1 aliphatic rings. The van der Waals surface area contributed by atoms with Gasteiger partial charge in [-0.1, -0.05) is 97.1 Å². The quantitative estimate of drug-likeness (QED) is 0.133. The van der Waals surface area contributed by atoms with Gasteiger partial charge in [0.25, 0.3) is 0 Å². The topological polar surface area (TPSA) is 0 Å². The smallest absolute Gasteiger partial charge is 0.166 e. The van der Waals surface area contributed by atoms with Crippen LogP contribution in [-0.4, -0.2) is 0 Å². The van der Waals surface area contributed by atoms with Crippen LogP contribution in [0, 0.1) is 0 Å². The van der Waals surface area contributed by atoms with E-state index in [9.17, 15) is 105 Å². The number of rotatable bonds is 8. The molecule has 0 aromatic heterocycles. The van der Waals surface area contributed by atoms with Gasteiger partial charge in [-0.25, -0.2) is 0 Å². The average molecular weight is 1300 g/mol. The minimum Gasteiger partial charge on any atom is -0.166 e. The zero-order valence-electron chi connectivity index (χ0n) is 45.5. The number of hydrogen-bond donors (Lipinski definition) is 0. The molecule has 0 aliphatic heterocycles. The SMILES string of the molecule is FC(F)(F)c1ccc(-c2c(-c3ccc(C(F)(F)F)cc3)c(-c3ccc(C(F)(F)F)cc3)c3c(c2-c2ccc(C(F)(F)F)cc2)-c2c(-c4ccc(C(F)(F)F)cc4)c(-c4ccc(C(F)(F)F)cc4)c(-c4ccc(C(F)(F)F)cc4)c(-c4ccc(C(F)(F)F)cc4)c2-3)cc1. The van der Waals surface area contributed by atoms with Gasteiger partial charge in [0.15, 0.2) is 0 Å². The zero-order chi connectivity index (χ0) is 66.8. The standard InChI is InChI=1S/C68H32F24/c69-61(70,71)41-17-1-33(2-18-41)49-50(34-3-19-42(20-4-34)62(72,73)74)54(38-11-27-46(28-12-38)66(84,85)86)58-57(53(49)37-9-25-45(26-10-37)65(81,82)83)59-55(39-13-29-47(30-14-39)67(87,88)89)51(35-5-21-43(22-6-35)63(75,76)77)52(36-7-23-44(24-8-36)64(78,79)80)56(60(58)59)40-15-31-48(32-16-40)68(90,91)92/h1-32H. The molecule has 24 heteroatoms. The van der Waals surface area contributed by atoms with Crippen LogP contribution in [0.5, 0.6) is 0 Å². The third-order valence-corrected chi connectivity index (χ3v) is 15.5. The highest BCUT2D eigenvalue weighted by Gasteiger charge is 2.45. The molecule has 10 aromatic rings. The van der Waals surface area contributed by atoms with Gasteiger partial charge in [0.1, 0.15) is 0 Å². The summed E-state index contributed by atoms with van der Waals surface area (Å²) in [5.74, 6) is 0. The van der Waals surface area contributed by atoms with Crippen molar-refractivity contribution < 1.29 is 105 Å². The Kier molecular flexibility index (Phi) is 15.4. The normalized spacial score (nSPS) is 13.2. The lowest BCUT2D eigenvalue weighted by Crippen LogP contribution is -2.14. The number of alkyl halides is 24. The second-order valence-corrected chi connectivity index (χ2v) is 21.1. The fourth-order valence-corrected chi connectivity index (χ4v) is 11.4. The number of hydrogen-bond acceptors (Lipinski definition) is 0. The van der Waals surface area contributed by atoms with Gasteiger partial charge in [0.2, 0.25) is 0 Å². The molecule has 0 atom stereocenters. The van der Waals surface area contributed by atoms with Crippen LogP contribution in [-0.2, 0) is 49.4 Å². The molecule has 0 radical (unpaired) electrons. The average Bonchev–Trinajstić information content (AvgIpc) is 0.666. The first kappa shape index (κ1) is 64.1. The summed E-state index contributed by atoms with van der Waals surface area (Å²) in [6.45, 7) is 0. The molecule has 0 bridgehead atoms. The van der Waals surface area contributed by atoms with Crippen molar-refractivity contribution in [2.75, 3.05) is 0 Å². The van der Waals surface area contributed by atoms with Gasteiger partial charge in [0.05, 0.1) is 44.5 Å². The van der Waals surface area contributed by atoms with E-state index in [1.807, 2.05) is 0 Å². The first-order valence-electron chi connectivity index (χ1n) is 26.6. The number of halogens is 24. The lowest BCUT2D eigenvalue weighted by molar-refractivity contribution is -0.138. The number of fused-ring (bicyclic) bond motifs is 4. The minimum absolute atomic E-state index is 0.338. The molecule has 0 saturated heterocycles. The maximum Gasteiger partial charge on any atom is 0.416 e. The zero-order valence-corrected chi connectivity index (χ0v) is 45.5. The van der Waals surface area contributed by atoms with Crippen LogP contribution in [0.1, 0.15) is 44.5 Å². The predicted molar refractivity (Wildman–Crippen MR) is 294 cm³/mol. The van der Waals surface area contributed by atoms with E-state index >= 15 is 0 Å². The Bertz CT molecular complexity index is 3830. The van der Waals surface area contributed by atoms with Crippen LogP contribution in [0.25, 0.3) is 111 Å². The van der Waals surface area contributed by atoms with Crippen LogP contribution in [0.3, 0.4) is 0 Å². The van der Waals surface area contributed by atoms with Crippen molar-refractivity contribution in [2.24, 2.45) is 0 Å². The lowest BCUT2D eigenvalue weighted by atomic mass is 9.62. The van der Waals surface area contributed by atoms with Crippen LogP contribution in [0.15, 0.2) is 194 Å². The Morgan fingerprint density at radius 2 is 0.185 bits per heavy atom. The van der Waals surface area contributed by atoms with Crippen LogP contribution in [0.2, 0.25) is 0 Å². The molecule has 0 fully saturated rings. The largest absolute Gasteiger partial charge is 0.416 e. The molecule has 0 N–H and O–H groups in total. The van der Waals surface area contributed by atoms with Crippen LogP contribution < -0.4 is 0 Å². The van der Waals surface area contributed by atoms with Crippen molar-refractivity contribution in [3.05, 3.63) is 239 Å². The highest BCUT2D eigenvalue weighted by molar-refractivity contribution is 6.30. The van der Waals surface area contributed by atoms with Crippen molar-refractivity contribution >= 4 is 0 Å². The van der Waals surface area contributed by atoms with Crippen molar-refractivity contribution in [3.8, 4) is 111 Å². The third kappa shape index (κ3) is 11.9. The van der Waals surface area contributed by atoms with Crippen LogP contribution >= 0.6 is 0 Å². The van der Waals surface area contributed by atoms with E-state index in [1.54, 1.807) is 0 Å². The van der Waals surface area contributed by atoms with Gasteiger partial charge in [-0.15, -0.1) is 0 Å². The first-order chi connectivity index (χ1) is 42.7. The Balaban J connectivity index is 1.47. The maximum atomic E-state index is 14.6. The Morgan fingerprint density at radius 1 is 0.109 bits per heavy atom. The Morgan fingerprint density at radius 3 is 0.261 bits per heavy atom. The number of benzene rings is 10. The summed E-state index contributed by atoms with van der Waals surface area (Å²) in [6.07, 6.45) is -40.8. The summed E-state index contributed by atoms with van der Waals surface area (Å²) in [4.78, 5) is 0. The van der Waals surface area contributed by atoms with Gasteiger partial charge in [-0.3, -0.25) is 0 Å². The molecule has 0 heterocycles. The fraction of sp³-hybridized carbons (Fsp3) is 0.118. The van der Waals surface area contributed by atoms with Gasteiger partial charge in [0, 0.05) is 0 Å².